The topological polar surface area (TPSA) is 32.3 Å². The molecule has 5 heteroatoms. The summed E-state index contributed by atoms with van der Waals surface area (Å²) in [5.74, 6) is -0.384. The predicted molar refractivity (Wildman–Crippen MR) is 147 cm³/mol. The quantitative estimate of drug-likeness (QED) is 0.342. The van der Waals surface area contributed by atoms with Gasteiger partial charge in [0.2, 0.25) is 0 Å². The molecule has 0 aliphatic heterocycles. The fraction of sp³-hybridized carbons (Fsp3) is 0.406. The number of carbonyl (C=O) groups excluding carboxylic acids is 1. The summed E-state index contributed by atoms with van der Waals surface area (Å²) in [6.45, 7) is 8.31. The van der Waals surface area contributed by atoms with E-state index in [-0.39, 0.29) is 36.0 Å². The number of hydrogen-bond donors (Lipinski definition) is 1. The molecular weight excluding hydrogens is 466 g/mol. The summed E-state index contributed by atoms with van der Waals surface area (Å²) in [6.07, 6.45) is 3.42. The Balaban J connectivity index is 1.63. The van der Waals surface area contributed by atoms with Gasteiger partial charge in [-0.1, -0.05) is 82.3 Å². The highest BCUT2D eigenvalue weighted by molar-refractivity contribution is 5.91. The van der Waals surface area contributed by atoms with E-state index in [1.165, 1.54) is 23.8 Å². The summed E-state index contributed by atoms with van der Waals surface area (Å²) in [7, 11) is 0. The number of rotatable bonds is 7. The molecule has 0 spiro atoms. The molecular formula is C32H38F2N2O. The fourth-order valence-electron chi connectivity index (χ4n) is 5.54. The minimum Gasteiger partial charge on any atom is -0.317 e. The van der Waals surface area contributed by atoms with Crippen LogP contribution in [0.25, 0.3) is 0 Å². The molecule has 1 N–H and O–H groups in total. The monoisotopic (exact) mass is 504 g/mol. The van der Waals surface area contributed by atoms with Crippen LogP contribution in [0.5, 0.6) is 0 Å². The zero-order valence-electron chi connectivity index (χ0n) is 22.3. The molecule has 0 saturated heterocycles. The van der Waals surface area contributed by atoms with Gasteiger partial charge in [0.25, 0.3) is 0 Å². The van der Waals surface area contributed by atoms with Crippen LogP contribution in [0.1, 0.15) is 93.4 Å². The van der Waals surface area contributed by atoms with Gasteiger partial charge in [0, 0.05) is 17.3 Å². The highest BCUT2D eigenvalue weighted by Crippen LogP contribution is 2.37. The molecule has 0 heterocycles. The minimum absolute atomic E-state index is 0.0657. The summed E-state index contributed by atoms with van der Waals surface area (Å²) in [5.41, 5.74) is 4.18. The summed E-state index contributed by atoms with van der Waals surface area (Å²) in [6, 6.07) is 20.0. The maximum absolute atomic E-state index is 14.7. The molecule has 0 aromatic heterocycles. The Morgan fingerprint density at radius 1 is 0.811 bits per heavy atom. The van der Waals surface area contributed by atoms with Crippen LogP contribution in [-0.2, 0) is 6.54 Å². The van der Waals surface area contributed by atoms with Crippen LogP contribution in [0, 0.1) is 11.6 Å². The van der Waals surface area contributed by atoms with E-state index in [1.807, 2.05) is 24.3 Å². The second kappa shape index (κ2) is 11.9. The highest BCUT2D eigenvalue weighted by Gasteiger charge is 2.31. The highest BCUT2D eigenvalue weighted by atomic mass is 19.1. The van der Waals surface area contributed by atoms with E-state index in [0.29, 0.717) is 5.92 Å². The van der Waals surface area contributed by atoms with Gasteiger partial charge in [-0.15, -0.1) is 0 Å². The molecule has 0 radical (unpaired) electrons. The molecule has 0 unspecified atom stereocenters. The van der Waals surface area contributed by atoms with Gasteiger partial charge in [0.15, 0.2) is 0 Å². The van der Waals surface area contributed by atoms with Crippen molar-refractivity contribution in [3.05, 3.63) is 101 Å². The number of hydrogen-bond acceptors (Lipinski definition) is 1. The molecule has 1 saturated carbocycles. The fourth-order valence-corrected chi connectivity index (χ4v) is 5.54. The van der Waals surface area contributed by atoms with Gasteiger partial charge in [0.1, 0.15) is 11.6 Å². The van der Waals surface area contributed by atoms with Crippen molar-refractivity contribution < 1.29 is 13.6 Å². The molecule has 37 heavy (non-hydrogen) atoms. The van der Waals surface area contributed by atoms with Crippen LogP contribution < -0.4 is 5.32 Å². The number of nitrogens with one attached hydrogen (secondary N) is 1. The van der Waals surface area contributed by atoms with Gasteiger partial charge >= 0.3 is 6.03 Å². The van der Waals surface area contributed by atoms with E-state index in [0.717, 1.165) is 42.5 Å². The van der Waals surface area contributed by atoms with Crippen molar-refractivity contribution in [3.63, 3.8) is 0 Å². The normalized spacial score (nSPS) is 17.7. The van der Waals surface area contributed by atoms with E-state index in [1.54, 1.807) is 4.90 Å². The Morgan fingerprint density at radius 2 is 1.35 bits per heavy atom. The SMILES string of the molecule is CC(C)c1cccc(C(C)C)c1NC(=O)N(Cc1c(F)cccc1F)C1CCC(c2ccccc2)CC1. The van der Waals surface area contributed by atoms with Crippen LogP contribution >= 0.6 is 0 Å². The molecule has 1 aliphatic carbocycles. The lowest BCUT2D eigenvalue weighted by Gasteiger charge is -2.37. The number of benzene rings is 3. The first-order valence-corrected chi connectivity index (χ1v) is 13.4. The van der Waals surface area contributed by atoms with E-state index < -0.39 is 11.6 Å². The Bertz CT molecular complexity index is 1150. The lowest BCUT2D eigenvalue weighted by atomic mass is 9.81. The van der Waals surface area contributed by atoms with Gasteiger partial charge in [-0.05, 0) is 72.3 Å². The van der Waals surface area contributed by atoms with Crippen molar-refractivity contribution in [2.24, 2.45) is 0 Å². The van der Waals surface area contributed by atoms with E-state index in [2.05, 4.69) is 57.3 Å². The van der Waals surface area contributed by atoms with E-state index in [4.69, 9.17) is 0 Å². The first kappa shape index (κ1) is 26.8. The lowest BCUT2D eigenvalue weighted by molar-refractivity contribution is 0.156. The van der Waals surface area contributed by atoms with Crippen LogP contribution in [0.4, 0.5) is 19.3 Å². The maximum atomic E-state index is 14.7. The average Bonchev–Trinajstić information content (AvgIpc) is 2.89. The largest absolute Gasteiger partial charge is 0.322 e. The number of carbonyl (C=O) groups is 1. The number of anilines is 1. The maximum Gasteiger partial charge on any atom is 0.322 e. The molecule has 3 aromatic rings. The van der Waals surface area contributed by atoms with Gasteiger partial charge < -0.3 is 10.2 Å². The van der Waals surface area contributed by atoms with Crippen molar-refractivity contribution in [1.82, 2.24) is 4.90 Å². The smallest absolute Gasteiger partial charge is 0.317 e. The van der Waals surface area contributed by atoms with Crippen molar-refractivity contribution >= 4 is 11.7 Å². The molecule has 3 nitrogen and oxygen atoms in total. The lowest BCUT2D eigenvalue weighted by Crippen LogP contribution is -2.44. The summed E-state index contributed by atoms with van der Waals surface area (Å²) < 4.78 is 29.4. The van der Waals surface area contributed by atoms with Gasteiger partial charge in [0.05, 0.1) is 6.54 Å². The third kappa shape index (κ3) is 6.20. The molecule has 3 aromatic carbocycles. The summed E-state index contributed by atoms with van der Waals surface area (Å²) in [4.78, 5) is 15.6. The van der Waals surface area contributed by atoms with Gasteiger partial charge in [-0.25, -0.2) is 13.6 Å². The standard InChI is InChI=1S/C32H38F2N2O/c1-21(2)26-12-8-13-27(22(3)4)31(26)35-32(37)36(20-28-29(33)14-9-15-30(28)34)25-18-16-24(17-19-25)23-10-6-5-7-11-23/h5-15,21-22,24-25H,16-20H2,1-4H3,(H,35,37). The second-order valence-corrected chi connectivity index (χ2v) is 10.8. The third-order valence-electron chi connectivity index (χ3n) is 7.66. The van der Waals surface area contributed by atoms with Crippen molar-refractivity contribution in [1.29, 1.82) is 0 Å². The summed E-state index contributed by atoms with van der Waals surface area (Å²) >= 11 is 0. The van der Waals surface area contributed by atoms with Crippen LogP contribution in [-0.4, -0.2) is 17.0 Å². The molecule has 1 fully saturated rings. The Morgan fingerprint density at radius 3 is 1.89 bits per heavy atom. The van der Waals surface area contributed by atoms with Crippen LogP contribution in [0.3, 0.4) is 0 Å². The zero-order valence-corrected chi connectivity index (χ0v) is 22.3. The summed E-state index contributed by atoms with van der Waals surface area (Å²) in [5, 5.41) is 3.18. The van der Waals surface area contributed by atoms with Crippen molar-refractivity contribution in [3.8, 4) is 0 Å². The average molecular weight is 505 g/mol. The van der Waals surface area contributed by atoms with Crippen molar-refractivity contribution in [2.75, 3.05) is 5.32 Å². The molecule has 0 atom stereocenters. The Kier molecular flexibility index (Phi) is 8.63. The molecule has 4 rings (SSSR count). The predicted octanol–water partition coefficient (Wildman–Crippen LogP) is 8.97. The third-order valence-corrected chi connectivity index (χ3v) is 7.66. The number of para-hydroxylation sites is 1. The number of nitrogens with zero attached hydrogens (tertiary/aromatic N) is 1. The Labute approximate surface area is 219 Å². The van der Waals surface area contributed by atoms with Crippen LogP contribution in [0.2, 0.25) is 0 Å². The zero-order chi connectivity index (χ0) is 26.5. The molecule has 0 bridgehead atoms. The first-order chi connectivity index (χ1) is 17.8. The molecule has 1 aliphatic rings. The van der Waals surface area contributed by atoms with Crippen molar-refractivity contribution in [2.45, 2.75) is 83.7 Å². The number of urea groups is 1. The van der Waals surface area contributed by atoms with Gasteiger partial charge in [-0.2, -0.15) is 0 Å². The first-order valence-electron chi connectivity index (χ1n) is 13.4. The van der Waals surface area contributed by atoms with E-state index in [9.17, 15) is 13.6 Å². The number of halogens is 2. The Hall–Kier alpha value is -3.21. The van der Waals surface area contributed by atoms with Crippen LogP contribution in [0.15, 0.2) is 66.7 Å². The second-order valence-electron chi connectivity index (χ2n) is 10.8. The minimum atomic E-state index is -0.624. The number of amides is 2. The van der Waals surface area contributed by atoms with E-state index >= 15 is 0 Å². The molecule has 2 amide bonds. The van der Waals surface area contributed by atoms with Gasteiger partial charge in [-0.3, -0.25) is 0 Å². The molecule has 196 valence electrons.